The van der Waals surface area contributed by atoms with Crippen LogP contribution in [0.5, 0.6) is 5.75 Å². The number of hydrogen-bond donors (Lipinski definition) is 0. The number of halogens is 4. The molecule has 0 aliphatic heterocycles. The van der Waals surface area contributed by atoms with Crippen LogP contribution in [0, 0.1) is 17.5 Å². The first kappa shape index (κ1) is 21.1. The summed E-state index contributed by atoms with van der Waals surface area (Å²) in [6.45, 7) is 1.44. The zero-order valence-electron chi connectivity index (χ0n) is 15.2. The number of thiazole rings is 1. The van der Waals surface area contributed by atoms with Crippen molar-refractivity contribution in [2.24, 2.45) is 0 Å². The molecule has 1 aromatic heterocycles. The molecule has 3 rings (SSSR count). The van der Waals surface area contributed by atoms with Gasteiger partial charge in [-0.25, -0.2) is 22.9 Å². The first-order valence-corrected chi connectivity index (χ1v) is 9.80. The van der Waals surface area contributed by atoms with Gasteiger partial charge in [0.05, 0.1) is 17.2 Å². The maximum Gasteiger partial charge on any atom is 0.357 e. The van der Waals surface area contributed by atoms with E-state index in [1.807, 2.05) is 0 Å². The Labute approximate surface area is 173 Å². The molecular formula is C20H15ClF3NO3S. The Kier molecular flexibility index (Phi) is 6.76. The zero-order chi connectivity index (χ0) is 21.0. The Hall–Kier alpha value is -2.58. The Morgan fingerprint density at radius 3 is 2.69 bits per heavy atom. The second-order valence-corrected chi connectivity index (χ2v) is 7.27. The summed E-state index contributed by atoms with van der Waals surface area (Å²) >= 11 is 7.31. The van der Waals surface area contributed by atoms with Gasteiger partial charge in [0.25, 0.3) is 0 Å². The summed E-state index contributed by atoms with van der Waals surface area (Å²) in [5.74, 6) is -3.56. The normalized spacial score (nSPS) is 10.8. The maximum atomic E-state index is 13.8. The lowest BCUT2D eigenvalue weighted by Gasteiger charge is -2.12. The van der Waals surface area contributed by atoms with Crippen molar-refractivity contribution in [2.75, 3.05) is 6.61 Å². The molecular weight excluding hydrogens is 427 g/mol. The molecule has 0 radical (unpaired) electrons. The van der Waals surface area contributed by atoms with E-state index in [1.54, 1.807) is 30.5 Å². The van der Waals surface area contributed by atoms with Crippen molar-refractivity contribution in [1.82, 2.24) is 4.98 Å². The molecule has 0 saturated carbocycles. The molecule has 0 aliphatic carbocycles. The van der Waals surface area contributed by atoms with E-state index in [0.29, 0.717) is 27.4 Å². The van der Waals surface area contributed by atoms with Gasteiger partial charge in [0.15, 0.2) is 17.3 Å². The highest BCUT2D eigenvalue weighted by Gasteiger charge is 2.17. The average molecular weight is 442 g/mol. The maximum absolute atomic E-state index is 13.8. The van der Waals surface area contributed by atoms with Crippen molar-refractivity contribution >= 4 is 28.9 Å². The zero-order valence-corrected chi connectivity index (χ0v) is 16.7. The average Bonchev–Trinajstić information content (AvgIpc) is 3.15. The molecule has 9 heteroatoms. The second kappa shape index (κ2) is 9.28. The van der Waals surface area contributed by atoms with E-state index >= 15 is 0 Å². The third-order valence-corrected chi connectivity index (χ3v) is 5.00. The second-order valence-electron chi connectivity index (χ2n) is 5.89. The van der Waals surface area contributed by atoms with E-state index in [0.717, 1.165) is 6.07 Å². The summed E-state index contributed by atoms with van der Waals surface area (Å²) in [7, 11) is 0. The highest BCUT2D eigenvalue weighted by atomic mass is 35.5. The van der Waals surface area contributed by atoms with Crippen molar-refractivity contribution in [1.29, 1.82) is 0 Å². The minimum Gasteiger partial charge on any atom is -0.488 e. The van der Waals surface area contributed by atoms with Gasteiger partial charge in [0.1, 0.15) is 18.2 Å². The third-order valence-electron chi connectivity index (χ3n) is 3.91. The highest BCUT2D eigenvalue weighted by Crippen LogP contribution is 2.28. The number of esters is 1. The van der Waals surface area contributed by atoms with E-state index in [1.165, 1.54) is 11.3 Å². The fourth-order valence-electron chi connectivity index (χ4n) is 2.53. The largest absolute Gasteiger partial charge is 0.488 e. The molecule has 0 saturated heterocycles. The molecule has 2 aromatic carbocycles. The number of carbonyl (C=O) groups is 1. The van der Waals surface area contributed by atoms with E-state index < -0.39 is 35.6 Å². The van der Waals surface area contributed by atoms with Gasteiger partial charge in [-0.15, -0.1) is 11.3 Å². The first-order valence-electron chi connectivity index (χ1n) is 8.54. The number of carbonyl (C=O) groups excluding carboxylic acids is 1. The lowest BCUT2D eigenvalue weighted by atomic mass is 10.1. The standard InChI is InChI=1S/C20H15ClF3NO3S/c1-2-27-20(26)16-10-29-18(25-16)8-11-7-12(21)3-6-17(11)28-9-13-14(22)4-5-15(23)19(13)24/h3-7,10H,2,8-9H2,1H3. The van der Waals surface area contributed by atoms with Gasteiger partial charge >= 0.3 is 5.97 Å². The van der Waals surface area contributed by atoms with Crippen molar-refractivity contribution < 1.29 is 27.4 Å². The first-order chi connectivity index (χ1) is 13.9. The number of ether oxygens (including phenoxy) is 2. The van der Waals surface area contributed by atoms with Crippen LogP contribution in [0.3, 0.4) is 0 Å². The minimum atomic E-state index is -1.29. The molecule has 3 aromatic rings. The Bertz CT molecular complexity index is 1040. The quantitative estimate of drug-likeness (QED) is 0.356. The van der Waals surface area contributed by atoms with Gasteiger partial charge in [-0.1, -0.05) is 11.6 Å². The van der Waals surface area contributed by atoms with Gasteiger partial charge in [-0.05, 0) is 37.3 Å². The van der Waals surface area contributed by atoms with Crippen LogP contribution in [0.1, 0.15) is 33.5 Å². The molecule has 1 heterocycles. The van der Waals surface area contributed by atoms with E-state index in [2.05, 4.69) is 4.98 Å². The number of rotatable bonds is 7. The molecule has 29 heavy (non-hydrogen) atoms. The topological polar surface area (TPSA) is 48.4 Å². The number of aromatic nitrogens is 1. The van der Waals surface area contributed by atoms with Gasteiger partial charge in [0, 0.05) is 22.4 Å². The summed E-state index contributed by atoms with van der Waals surface area (Å²) in [5, 5.41) is 2.61. The molecule has 0 spiro atoms. The number of benzene rings is 2. The molecule has 152 valence electrons. The van der Waals surface area contributed by atoms with Gasteiger partial charge in [0.2, 0.25) is 0 Å². The Morgan fingerprint density at radius 2 is 1.93 bits per heavy atom. The summed E-state index contributed by atoms with van der Waals surface area (Å²) in [5.41, 5.74) is 0.282. The molecule has 4 nitrogen and oxygen atoms in total. The van der Waals surface area contributed by atoms with Crippen molar-refractivity contribution in [3.05, 3.63) is 80.0 Å². The van der Waals surface area contributed by atoms with Crippen LogP contribution in [0.4, 0.5) is 13.2 Å². The van der Waals surface area contributed by atoms with Crippen LogP contribution < -0.4 is 4.74 Å². The number of hydrogen-bond acceptors (Lipinski definition) is 5. The molecule has 0 amide bonds. The van der Waals surface area contributed by atoms with Gasteiger partial charge in [-0.3, -0.25) is 0 Å². The third kappa shape index (κ3) is 5.07. The van der Waals surface area contributed by atoms with Crippen LogP contribution in [-0.4, -0.2) is 17.6 Å². The monoisotopic (exact) mass is 441 g/mol. The minimum absolute atomic E-state index is 0.195. The molecule has 0 atom stereocenters. The summed E-state index contributed by atoms with van der Waals surface area (Å²) in [6.07, 6.45) is 0.272. The smallest absolute Gasteiger partial charge is 0.357 e. The van der Waals surface area contributed by atoms with Gasteiger partial charge in [-0.2, -0.15) is 0 Å². The Morgan fingerprint density at radius 1 is 1.17 bits per heavy atom. The van der Waals surface area contributed by atoms with Crippen LogP contribution in [0.25, 0.3) is 0 Å². The lowest BCUT2D eigenvalue weighted by Crippen LogP contribution is -2.06. The van der Waals surface area contributed by atoms with Crippen molar-refractivity contribution in [3.8, 4) is 5.75 Å². The fraction of sp³-hybridized carbons (Fsp3) is 0.200. The molecule has 0 bridgehead atoms. The van der Waals surface area contributed by atoms with Crippen LogP contribution in [0.2, 0.25) is 5.02 Å². The molecule has 0 N–H and O–H groups in total. The van der Waals surface area contributed by atoms with E-state index in [4.69, 9.17) is 21.1 Å². The van der Waals surface area contributed by atoms with Crippen LogP contribution in [-0.2, 0) is 17.8 Å². The Balaban J connectivity index is 1.80. The summed E-state index contributed by atoms with van der Waals surface area (Å²) in [4.78, 5) is 16.0. The molecule has 0 unspecified atom stereocenters. The fourth-order valence-corrected chi connectivity index (χ4v) is 3.51. The summed E-state index contributed by atoms with van der Waals surface area (Å²) < 4.78 is 51.5. The SMILES string of the molecule is CCOC(=O)c1csc(Cc2cc(Cl)ccc2OCc2c(F)ccc(F)c2F)n1. The summed E-state index contributed by atoms with van der Waals surface area (Å²) in [6, 6.07) is 6.29. The van der Waals surface area contributed by atoms with Crippen molar-refractivity contribution in [3.63, 3.8) is 0 Å². The molecule has 0 aliphatic rings. The van der Waals surface area contributed by atoms with Crippen LogP contribution >= 0.6 is 22.9 Å². The van der Waals surface area contributed by atoms with Crippen LogP contribution in [0.15, 0.2) is 35.7 Å². The van der Waals surface area contributed by atoms with Crippen molar-refractivity contribution in [2.45, 2.75) is 20.0 Å². The highest BCUT2D eigenvalue weighted by molar-refractivity contribution is 7.09. The predicted octanol–water partition coefficient (Wildman–Crippen LogP) is 5.56. The molecule has 0 fully saturated rings. The van der Waals surface area contributed by atoms with E-state index in [9.17, 15) is 18.0 Å². The lowest BCUT2D eigenvalue weighted by molar-refractivity contribution is 0.0520. The van der Waals surface area contributed by atoms with Gasteiger partial charge < -0.3 is 9.47 Å². The predicted molar refractivity (Wildman–Crippen MR) is 103 cm³/mol. The number of nitrogens with zero attached hydrogens (tertiary/aromatic N) is 1. The van der Waals surface area contributed by atoms with E-state index in [-0.39, 0.29) is 18.7 Å².